The SMILES string of the molecule is CCCCCC=CCC=CCC=CCC=CCCCCCC(=O)OCC(COP(=O)(O)OCCN)OC(=O)CCCCCCCC=CCCCCCCCC. The molecule has 0 fully saturated rings. The summed E-state index contributed by atoms with van der Waals surface area (Å²) < 4.78 is 32.7. The van der Waals surface area contributed by atoms with Crippen LogP contribution in [0, 0.1) is 0 Å². The van der Waals surface area contributed by atoms with Gasteiger partial charge in [0, 0.05) is 19.4 Å². The van der Waals surface area contributed by atoms with Gasteiger partial charge in [0.1, 0.15) is 6.61 Å². The van der Waals surface area contributed by atoms with Gasteiger partial charge in [-0.1, -0.05) is 145 Å². The number of unbranched alkanes of at least 4 members (excludes halogenated alkanes) is 17. The van der Waals surface area contributed by atoms with Crippen molar-refractivity contribution in [2.75, 3.05) is 26.4 Å². The van der Waals surface area contributed by atoms with Gasteiger partial charge in [-0.05, 0) is 83.5 Å². The molecule has 0 amide bonds. The lowest BCUT2D eigenvalue weighted by Gasteiger charge is -2.19. The van der Waals surface area contributed by atoms with Crippen molar-refractivity contribution in [1.29, 1.82) is 0 Å². The van der Waals surface area contributed by atoms with Crippen LogP contribution >= 0.6 is 7.82 Å². The molecule has 0 aliphatic carbocycles. The molecular formula is C45H80NO8P. The lowest BCUT2D eigenvalue weighted by atomic mass is 10.1. The molecular weight excluding hydrogens is 713 g/mol. The molecule has 0 saturated carbocycles. The third kappa shape index (κ3) is 41.2. The number of phosphoric ester groups is 1. The van der Waals surface area contributed by atoms with Crippen molar-refractivity contribution < 1.29 is 37.6 Å². The van der Waals surface area contributed by atoms with E-state index in [4.69, 9.17) is 24.3 Å². The van der Waals surface area contributed by atoms with Crippen molar-refractivity contribution in [3.8, 4) is 0 Å². The van der Waals surface area contributed by atoms with Crippen LogP contribution in [0.2, 0.25) is 0 Å². The highest BCUT2D eigenvalue weighted by Crippen LogP contribution is 2.43. The number of esters is 2. The minimum atomic E-state index is -4.39. The van der Waals surface area contributed by atoms with E-state index in [9.17, 15) is 19.0 Å². The molecule has 0 aromatic rings. The Morgan fingerprint density at radius 1 is 0.545 bits per heavy atom. The Kier molecular flexibility index (Phi) is 39.6. The largest absolute Gasteiger partial charge is 0.472 e. The Balaban J connectivity index is 4.24. The smallest absolute Gasteiger partial charge is 0.462 e. The van der Waals surface area contributed by atoms with Gasteiger partial charge in [-0.15, -0.1) is 0 Å². The summed E-state index contributed by atoms with van der Waals surface area (Å²) in [6.45, 7) is 3.64. The summed E-state index contributed by atoms with van der Waals surface area (Å²) >= 11 is 0. The lowest BCUT2D eigenvalue weighted by molar-refractivity contribution is -0.161. The number of hydrogen-bond donors (Lipinski definition) is 2. The first kappa shape index (κ1) is 52.7. The van der Waals surface area contributed by atoms with Gasteiger partial charge in [0.15, 0.2) is 6.10 Å². The van der Waals surface area contributed by atoms with Crippen LogP contribution in [0.25, 0.3) is 0 Å². The summed E-state index contributed by atoms with van der Waals surface area (Å²) in [5.41, 5.74) is 5.34. The number of phosphoric acid groups is 1. The van der Waals surface area contributed by atoms with Crippen LogP contribution in [0.1, 0.15) is 181 Å². The summed E-state index contributed by atoms with van der Waals surface area (Å²) in [5, 5.41) is 0. The van der Waals surface area contributed by atoms with E-state index in [1.54, 1.807) is 0 Å². The lowest BCUT2D eigenvalue weighted by Crippen LogP contribution is -2.29. The van der Waals surface area contributed by atoms with Crippen molar-refractivity contribution >= 4 is 19.8 Å². The molecule has 0 aromatic carbocycles. The summed E-state index contributed by atoms with van der Waals surface area (Å²) in [7, 11) is -4.39. The second kappa shape index (κ2) is 41.3. The fraction of sp³-hybridized carbons (Fsp3) is 0.733. The van der Waals surface area contributed by atoms with Gasteiger partial charge in [-0.3, -0.25) is 18.6 Å². The first-order chi connectivity index (χ1) is 26.8. The number of nitrogens with two attached hydrogens (primary N) is 1. The van der Waals surface area contributed by atoms with Crippen molar-refractivity contribution in [1.82, 2.24) is 0 Å². The molecule has 2 unspecified atom stereocenters. The summed E-state index contributed by atoms with van der Waals surface area (Å²) in [5.74, 6) is -0.877. The molecule has 0 radical (unpaired) electrons. The van der Waals surface area contributed by atoms with E-state index >= 15 is 0 Å². The first-order valence-corrected chi connectivity index (χ1v) is 23.3. The molecule has 318 valence electrons. The fourth-order valence-corrected chi connectivity index (χ4v) is 6.38. The van der Waals surface area contributed by atoms with Crippen molar-refractivity contribution in [2.24, 2.45) is 5.73 Å². The number of carbonyl (C=O) groups is 2. The third-order valence-corrected chi connectivity index (χ3v) is 9.86. The molecule has 3 N–H and O–H groups in total. The van der Waals surface area contributed by atoms with Crippen LogP contribution in [0.3, 0.4) is 0 Å². The highest BCUT2D eigenvalue weighted by Gasteiger charge is 2.26. The van der Waals surface area contributed by atoms with Crippen LogP contribution in [0.15, 0.2) is 60.8 Å². The van der Waals surface area contributed by atoms with E-state index in [0.29, 0.717) is 12.8 Å². The molecule has 0 aliphatic heterocycles. The van der Waals surface area contributed by atoms with Gasteiger partial charge in [0.05, 0.1) is 13.2 Å². The number of hydrogen-bond acceptors (Lipinski definition) is 8. The molecule has 0 rings (SSSR count). The first-order valence-electron chi connectivity index (χ1n) is 21.8. The molecule has 0 spiro atoms. The average Bonchev–Trinajstić information content (AvgIpc) is 3.17. The van der Waals surface area contributed by atoms with Gasteiger partial charge in [0.2, 0.25) is 0 Å². The van der Waals surface area contributed by atoms with Crippen LogP contribution in [-0.2, 0) is 32.7 Å². The molecule has 0 saturated heterocycles. The van der Waals surface area contributed by atoms with Crippen LogP contribution in [-0.4, -0.2) is 49.3 Å². The van der Waals surface area contributed by atoms with Crippen LogP contribution in [0.5, 0.6) is 0 Å². The zero-order valence-electron chi connectivity index (χ0n) is 34.9. The Labute approximate surface area is 336 Å². The number of ether oxygens (including phenoxy) is 2. The molecule has 9 nitrogen and oxygen atoms in total. The quantitative estimate of drug-likeness (QED) is 0.0269. The maximum atomic E-state index is 12.6. The zero-order valence-corrected chi connectivity index (χ0v) is 35.8. The monoisotopic (exact) mass is 794 g/mol. The van der Waals surface area contributed by atoms with Gasteiger partial charge in [-0.25, -0.2) is 4.57 Å². The van der Waals surface area contributed by atoms with Gasteiger partial charge in [0.25, 0.3) is 0 Å². The zero-order chi connectivity index (χ0) is 40.3. The van der Waals surface area contributed by atoms with E-state index in [2.05, 4.69) is 74.6 Å². The van der Waals surface area contributed by atoms with Gasteiger partial charge in [-0.2, -0.15) is 0 Å². The Morgan fingerprint density at radius 3 is 1.47 bits per heavy atom. The second-order valence-corrected chi connectivity index (χ2v) is 15.7. The minimum Gasteiger partial charge on any atom is -0.462 e. The molecule has 0 aromatic heterocycles. The topological polar surface area (TPSA) is 134 Å². The predicted octanol–water partition coefficient (Wildman–Crippen LogP) is 12.5. The van der Waals surface area contributed by atoms with Gasteiger partial charge >= 0.3 is 19.8 Å². The molecule has 0 heterocycles. The number of rotatable bonds is 40. The average molecular weight is 794 g/mol. The van der Waals surface area contributed by atoms with E-state index in [1.807, 2.05) is 0 Å². The standard InChI is InChI=1S/C45H80NO8P/c1-3-5-7-9-11-13-15-17-19-20-21-22-24-25-27-29-31-33-35-37-44(47)51-41-43(42-53-55(49,50)52-40-39-46)54-45(48)38-36-34-32-30-28-26-23-18-16-14-12-10-8-6-4-2/h11,13,17-19,21-23,25,27,43H,3-10,12,14-16,20,24,26,28-42,46H2,1-2H3,(H,49,50). The maximum absolute atomic E-state index is 12.6. The Hall–Kier alpha value is -2.29. The molecule has 0 aliphatic rings. The van der Waals surface area contributed by atoms with E-state index < -0.39 is 32.5 Å². The van der Waals surface area contributed by atoms with Crippen molar-refractivity contribution in [3.63, 3.8) is 0 Å². The fourth-order valence-electron chi connectivity index (χ4n) is 5.61. The highest BCUT2D eigenvalue weighted by molar-refractivity contribution is 7.47. The maximum Gasteiger partial charge on any atom is 0.472 e. The second-order valence-electron chi connectivity index (χ2n) is 14.2. The predicted molar refractivity (Wildman–Crippen MR) is 229 cm³/mol. The third-order valence-electron chi connectivity index (χ3n) is 8.88. The Morgan fingerprint density at radius 2 is 0.945 bits per heavy atom. The molecule has 0 bridgehead atoms. The van der Waals surface area contributed by atoms with E-state index in [-0.39, 0.29) is 32.6 Å². The highest BCUT2D eigenvalue weighted by atomic mass is 31.2. The van der Waals surface area contributed by atoms with E-state index in [0.717, 1.165) is 70.6 Å². The normalized spacial score (nSPS) is 13.9. The summed E-state index contributed by atoms with van der Waals surface area (Å²) in [4.78, 5) is 34.9. The summed E-state index contributed by atoms with van der Waals surface area (Å²) in [6.07, 6.45) is 48.2. The molecule has 2 atom stereocenters. The van der Waals surface area contributed by atoms with Gasteiger partial charge < -0.3 is 20.1 Å². The molecule has 10 heteroatoms. The van der Waals surface area contributed by atoms with Crippen LogP contribution < -0.4 is 5.73 Å². The summed E-state index contributed by atoms with van der Waals surface area (Å²) in [6, 6.07) is 0. The number of allylic oxidation sites excluding steroid dienone is 10. The van der Waals surface area contributed by atoms with Crippen molar-refractivity contribution in [2.45, 2.75) is 187 Å². The van der Waals surface area contributed by atoms with Crippen molar-refractivity contribution in [3.05, 3.63) is 60.8 Å². The minimum absolute atomic E-state index is 0.0451. The van der Waals surface area contributed by atoms with Crippen LogP contribution in [0.4, 0.5) is 0 Å². The number of carbonyl (C=O) groups excluding carboxylic acids is 2. The van der Waals surface area contributed by atoms with E-state index in [1.165, 1.54) is 70.6 Å². The Bertz CT molecular complexity index is 1090. The molecule has 55 heavy (non-hydrogen) atoms.